The van der Waals surface area contributed by atoms with Crippen molar-refractivity contribution >= 4 is 33.1 Å². The Hall–Kier alpha value is -1.57. The summed E-state index contributed by atoms with van der Waals surface area (Å²) in [6.45, 7) is 38.7. The van der Waals surface area contributed by atoms with Crippen molar-refractivity contribution in [2.75, 3.05) is 7.05 Å². The van der Waals surface area contributed by atoms with Crippen molar-refractivity contribution in [2.45, 2.75) is 174 Å². The molecule has 0 radical (unpaired) electrons. The lowest BCUT2D eigenvalue weighted by molar-refractivity contribution is -0.134. The van der Waals surface area contributed by atoms with E-state index in [0.29, 0.717) is 35.2 Å². The molecule has 0 saturated carbocycles. The zero-order valence-electron chi connectivity index (χ0n) is 34.2. The maximum absolute atomic E-state index is 11.2. The topological polar surface area (TPSA) is 106 Å². The average Bonchev–Trinajstić information content (AvgIpc) is 2.90. The molecule has 0 aromatic heterocycles. The van der Waals surface area contributed by atoms with Crippen LogP contribution in [0.2, 0.25) is 0 Å². The fraction of sp³-hybridized carbons (Fsp3) is 0.895. The van der Waals surface area contributed by atoms with Gasteiger partial charge in [-0.15, -0.1) is 0 Å². The Kier molecular flexibility index (Phi) is 33.3. The van der Waals surface area contributed by atoms with E-state index in [9.17, 15) is 27.6 Å². The van der Waals surface area contributed by atoms with Crippen LogP contribution in [0.25, 0.3) is 0 Å². The maximum atomic E-state index is 11.2. The molecule has 0 N–H and O–H groups in total. The van der Waals surface area contributed by atoms with E-state index in [1.165, 1.54) is 0 Å². The molecule has 0 bridgehead atoms. The first kappa shape index (κ1) is 53.9. The molecule has 278 valence electrons. The lowest BCUT2D eigenvalue weighted by Crippen LogP contribution is -2.35. The second kappa shape index (κ2) is 28.4. The molecule has 0 rings (SSSR count). The first-order valence-corrected chi connectivity index (χ1v) is 19.2. The quantitative estimate of drug-likeness (QED) is 0.192. The summed E-state index contributed by atoms with van der Waals surface area (Å²) in [5.74, 6) is 3.48. The molecule has 46 heavy (non-hydrogen) atoms. The molecule has 0 aliphatic heterocycles. The summed E-state index contributed by atoms with van der Waals surface area (Å²) in [4.78, 5) is 45.8. The lowest BCUT2D eigenvalue weighted by atomic mass is 9.99. The van der Waals surface area contributed by atoms with Crippen LogP contribution in [-0.4, -0.2) is 60.2 Å². The Morgan fingerprint density at radius 2 is 0.848 bits per heavy atom. The molecule has 7 nitrogen and oxygen atoms in total. The molecular formula is C38H79NO6S. The fourth-order valence-electron chi connectivity index (χ4n) is 3.23. The van der Waals surface area contributed by atoms with E-state index >= 15 is 0 Å². The number of nitrogens with zero attached hydrogens (tertiary/aromatic N) is 1. The number of carbonyl (C=O) groups excluding carboxylic acids is 4. The first-order valence-electron chi connectivity index (χ1n) is 17.6. The van der Waals surface area contributed by atoms with Gasteiger partial charge in [0.25, 0.3) is 0 Å². The number of Topliss-reactive ketones (excluding diaryl/α,β-unsaturated/α-hetero) is 3. The van der Waals surface area contributed by atoms with Crippen molar-refractivity contribution in [3.63, 3.8) is 0 Å². The first-order chi connectivity index (χ1) is 20.5. The van der Waals surface area contributed by atoms with Crippen LogP contribution in [-0.2, 0) is 29.0 Å². The van der Waals surface area contributed by atoms with Crippen LogP contribution < -0.4 is 0 Å². The van der Waals surface area contributed by atoms with Gasteiger partial charge in [0.1, 0.15) is 17.3 Å². The maximum Gasteiger partial charge on any atom is 0.225 e. The van der Waals surface area contributed by atoms with E-state index in [0.717, 1.165) is 19.3 Å². The Bertz CT molecular complexity index is 887. The number of hydrogen-bond donors (Lipinski definition) is 0. The molecule has 0 aliphatic carbocycles. The molecule has 0 aromatic rings. The van der Waals surface area contributed by atoms with Gasteiger partial charge in [-0.1, -0.05) is 96.9 Å². The van der Waals surface area contributed by atoms with Crippen LogP contribution in [0.15, 0.2) is 0 Å². The molecule has 0 aromatic carbocycles. The third-order valence-electron chi connectivity index (χ3n) is 6.93. The van der Waals surface area contributed by atoms with Gasteiger partial charge in [-0.3, -0.25) is 19.2 Å². The molecule has 0 atom stereocenters. The van der Waals surface area contributed by atoms with Gasteiger partial charge < -0.3 is 4.90 Å². The summed E-state index contributed by atoms with van der Waals surface area (Å²) >= 11 is 0. The van der Waals surface area contributed by atoms with Crippen molar-refractivity contribution in [3.8, 4) is 0 Å². The Morgan fingerprint density at radius 3 is 0.957 bits per heavy atom. The number of carbonyl (C=O) groups is 4. The summed E-state index contributed by atoms with van der Waals surface area (Å²) in [6, 6.07) is 0.315. The summed E-state index contributed by atoms with van der Waals surface area (Å²) in [7, 11) is -0.975. The van der Waals surface area contributed by atoms with Crippen molar-refractivity contribution < 1.29 is 27.6 Å². The van der Waals surface area contributed by atoms with Gasteiger partial charge in [0.2, 0.25) is 5.91 Å². The van der Waals surface area contributed by atoms with Crippen LogP contribution in [0.1, 0.15) is 158 Å². The molecule has 0 spiro atoms. The molecule has 0 fully saturated rings. The van der Waals surface area contributed by atoms with Gasteiger partial charge in [-0.05, 0) is 59.8 Å². The van der Waals surface area contributed by atoms with Gasteiger partial charge in [-0.25, -0.2) is 8.42 Å². The minimum absolute atomic E-state index is 0.118. The zero-order valence-corrected chi connectivity index (χ0v) is 35.0. The van der Waals surface area contributed by atoms with Crippen molar-refractivity contribution in [3.05, 3.63) is 0 Å². The average molecular weight is 678 g/mol. The second-order valence-corrected chi connectivity index (χ2v) is 18.4. The Labute approximate surface area is 287 Å². The predicted molar refractivity (Wildman–Crippen MR) is 200 cm³/mol. The van der Waals surface area contributed by atoms with Gasteiger partial charge in [0.15, 0.2) is 9.84 Å². The van der Waals surface area contributed by atoms with Crippen LogP contribution in [0.4, 0.5) is 0 Å². The van der Waals surface area contributed by atoms with E-state index in [2.05, 4.69) is 27.7 Å². The van der Waals surface area contributed by atoms with Gasteiger partial charge in [-0.2, -0.15) is 0 Å². The molecule has 0 saturated heterocycles. The van der Waals surface area contributed by atoms with Crippen LogP contribution >= 0.6 is 0 Å². The van der Waals surface area contributed by atoms with Crippen molar-refractivity contribution in [1.82, 2.24) is 4.90 Å². The van der Waals surface area contributed by atoms with E-state index in [-0.39, 0.29) is 46.0 Å². The summed E-state index contributed by atoms with van der Waals surface area (Å²) in [5.41, 5.74) is 0. The zero-order chi connectivity index (χ0) is 38.3. The third kappa shape index (κ3) is 32.4. The fourth-order valence-corrected chi connectivity index (χ4v) is 4.32. The third-order valence-corrected chi connectivity index (χ3v) is 9.56. The highest BCUT2D eigenvalue weighted by molar-refractivity contribution is 7.92. The van der Waals surface area contributed by atoms with E-state index in [1.54, 1.807) is 32.6 Å². The molecule has 8 heteroatoms. The highest BCUT2D eigenvalue weighted by atomic mass is 32.2. The minimum Gasteiger partial charge on any atom is -0.343 e. The standard InChI is InChI=1S/C9H18O.C8H17NO.C8H16O.C7H14O.C6H14O2S/c1-7(2)5-6-9(10)8(3)4;1-6(2)8(10)9(5)7(3)4;1-6(2)5-8(9)7(3)4;1-5(2)7(8)6(3)4;1-5(2)9(7,8)6(3)4/h7-8H,5-6H2,1-4H3;6-7H,1-5H3;6-7H,5H2,1-4H3;5-6H,1-4H3;5-6H,1-4H3. The molecule has 1 amide bonds. The normalized spacial score (nSPS) is 11.3. The highest BCUT2D eigenvalue weighted by Gasteiger charge is 2.19. The smallest absolute Gasteiger partial charge is 0.225 e. The van der Waals surface area contributed by atoms with Crippen LogP contribution in [0.5, 0.6) is 0 Å². The Morgan fingerprint density at radius 1 is 0.500 bits per heavy atom. The number of hydrogen-bond acceptors (Lipinski definition) is 6. The number of sulfone groups is 1. The van der Waals surface area contributed by atoms with Gasteiger partial charge in [0.05, 0.1) is 10.5 Å². The summed E-state index contributed by atoms with van der Waals surface area (Å²) < 4.78 is 22.1. The SMILES string of the molecule is CC(C)C(=O)C(C)C.CC(C)C(=O)N(C)C(C)C.CC(C)CC(=O)C(C)C.CC(C)CCC(=O)C(C)C.CC(C)S(=O)(=O)C(C)C. The summed E-state index contributed by atoms with van der Waals surface area (Å²) in [6.07, 6.45) is 2.53. The molecule has 0 aliphatic rings. The minimum atomic E-state index is -2.81. The molecule has 0 heterocycles. The number of ketones is 3. The highest BCUT2D eigenvalue weighted by Crippen LogP contribution is 2.09. The van der Waals surface area contributed by atoms with E-state index in [4.69, 9.17) is 0 Å². The van der Waals surface area contributed by atoms with Crippen LogP contribution in [0, 0.1) is 41.4 Å². The van der Waals surface area contributed by atoms with Gasteiger partial charge in [0, 0.05) is 55.5 Å². The van der Waals surface area contributed by atoms with Crippen molar-refractivity contribution in [1.29, 1.82) is 0 Å². The predicted octanol–water partition coefficient (Wildman–Crippen LogP) is 9.50. The molecule has 0 unspecified atom stereocenters. The van der Waals surface area contributed by atoms with E-state index < -0.39 is 9.84 Å². The van der Waals surface area contributed by atoms with Gasteiger partial charge >= 0.3 is 0 Å². The molecular weight excluding hydrogens is 598 g/mol. The number of amides is 1. The van der Waals surface area contributed by atoms with Crippen LogP contribution in [0.3, 0.4) is 0 Å². The number of rotatable bonds is 13. The van der Waals surface area contributed by atoms with Crippen molar-refractivity contribution in [2.24, 2.45) is 41.4 Å². The van der Waals surface area contributed by atoms with E-state index in [1.807, 2.05) is 90.1 Å². The Balaban J connectivity index is -0.000000153. The lowest BCUT2D eigenvalue weighted by Gasteiger charge is -2.23. The monoisotopic (exact) mass is 678 g/mol. The second-order valence-electron chi connectivity index (χ2n) is 15.4. The largest absolute Gasteiger partial charge is 0.343 e. The summed E-state index contributed by atoms with van der Waals surface area (Å²) in [5, 5.41) is -0.477.